The molecular weight excluding hydrogens is 460 g/mol. The quantitative estimate of drug-likeness (QED) is 0.547. The smallest absolute Gasteiger partial charge is 0.267 e. The van der Waals surface area contributed by atoms with Crippen molar-refractivity contribution in [1.29, 1.82) is 0 Å². The third-order valence-electron chi connectivity index (χ3n) is 6.34. The second-order valence-electron chi connectivity index (χ2n) is 8.35. The van der Waals surface area contributed by atoms with Crippen molar-refractivity contribution in [2.24, 2.45) is 0 Å². The van der Waals surface area contributed by atoms with Gasteiger partial charge in [-0.25, -0.2) is 8.42 Å². The summed E-state index contributed by atoms with van der Waals surface area (Å²) >= 11 is 0. The molecule has 0 radical (unpaired) electrons. The molecule has 1 atom stereocenters. The lowest BCUT2D eigenvalue weighted by Gasteiger charge is -2.35. The summed E-state index contributed by atoms with van der Waals surface area (Å²) < 4.78 is 43.3. The molecule has 0 saturated carbocycles. The molecule has 1 aromatic carbocycles. The Hall–Kier alpha value is -2.60. The zero-order valence-electron chi connectivity index (χ0n) is 19.6. The van der Waals surface area contributed by atoms with Crippen molar-refractivity contribution in [3.8, 4) is 11.5 Å². The topological polar surface area (TPSA) is 113 Å². The Morgan fingerprint density at radius 1 is 1.09 bits per heavy atom. The van der Waals surface area contributed by atoms with Crippen LogP contribution in [-0.4, -0.2) is 88.7 Å². The summed E-state index contributed by atoms with van der Waals surface area (Å²) in [6.45, 7) is 4.06. The molecule has 2 aromatic rings. The Morgan fingerprint density at radius 2 is 1.79 bits per heavy atom. The molecule has 2 fully saturated rings. The van der Waals surface area contributed by atoms with E-state index in [0.29, 0.717) is 44.3 Å². The van der Waals surface area contributed by atoms with E-state index in [9.17, 15) is 13.2 Å². The summed E-state index contributed by atoms with van der Waals surface area (Å²) in [5.41, 5.74) is 1.19. The number of methoxy groups -OCH3 is 2. The Bertz CT molecular complexity index is 1090. The molecule has 2 aliphatic rings. The summed E-state index contributed by atoms with van der Waals surface area (Å²) in [6, 6.07) is 7.02. The number of aromatic nitrogens is 1. The molecule has 11 heteroatoms. The normalized spacial score (nSPS) is 18.5. The van der Waals surface area contributed by atoms with Crippen molar-refractivity contribution < 1.29 is 27.4 Å². The molecule has 186 valence electrons. The van der Waals surface area contributed by atoms with Crippen molar-refractivity contribution in [2.75, 3.05) is 60.2 Å². The van der Waals surface area contributed by atoms with E-state index >= 15 is 0 Å². The van der Waals surface area contributed by atoms with Gasteiger partial charge in [0.1, 0.15) is 10.6 Å². The first-order valence-electron chi connectivity index (χ1n) is 11.4. The van der Waals surface area contributed by atoms with Gasteiger partial charge in [0.25, 0.3) is 5.91 Å². The van der Waals surface area contributed by atoms with Gasteiger partial charge >= 0.3 is 0 Å². The first-order chi connectivity index (χ1) is 16.4. The van der Waals surface area contributed by atoms with Crippen LogP contribution in [0, 0.1) is 0 Å². The van der Waals surface area contributed by atoms with Gasteiger partial charge in [-0.3, -0.25) is 9.69 Å². The highest BCUT2D eigenvalue weighted by atomic mass is 32.2. The van der Waals surface area contributed by atoms with Gasteiger partial charge in [0.05, 0.1) is 33.5 Å². The van der Waals surface area contributed by atoms with E-state index in [1.807, 2.05) is 18.2 Å². The molecule has 34 heavy (non-hydrogen) atoms. The Labute approximate surface area is 200 Å². The third-order valence-corrected chi connectivity index (χ3v) is 8.22. The highest BCUT2D eigenvalue weighted by Crippen LogP contribution is 2.32. The van der Waals surface area contributed by atoms with Gasteiger partial charge in [0, 0.05) is 38.9 Å². The fourth-order valence-corrected chi connectivity index (χ4v) is 5.94. The lowest BCUT2D eigenvalue weighted by molar-refractivity contribution is 0.0161. The average molecular weight is 493 g/mol. The van der Waals surface area contributed by atoms with Crippen LogP contribution in [0.4, 0.5) is 0 Å². The first kappa shape index (κ1) is 24.5. The Kier molecular flexibility index (Phi) is 7.77. The van der Waals surface area contributed by atoms with Crippen LogP contribution in [-0.2, 0) is 14.8 Å². The molecule has 2 saturated heterocycles. The number of rotatable bonds is 9. The first-order valence-corrected chi connectivity index (χ1v) is 12.9. The van der Waals surface area contributed by atoms with Crippen LogP contribution < -0.4 is 14.8 Å². The second-order valence-corrected chi connectivity index (χ2v) is 10.3. The van der Waals surface area contributed by atoms with Gasteiger partial charge in [-0.15, -0.1) is 0 Å². The number of nitrogens with zero attached hydrogens (tertiary/aromatic N) is 2. The largest absolute Gasteiger partial charge is 0.493 e. The van der Waals surface area contributed by atoms with Crippen molar-refractivity contribution in [3.05, 3.63) is 41.7 Å². The molecule has 0 aliphatic carbocycles. The summed E-state index contributed by atoms with van der Waals surface area (Å²) in [7, 11) is -0.404. The Balaban J connectivity index is 1.49. The lowest BCUT2D eigenvalue weighted by Crippen LogP contribution is -2.43. The molecule has 1 aromatic heterocycles. The predicted octanol–water partition coefficient (Wildman–Crippen LogP) is 1.62. The van der Waals surface area contributed by atoms with E-state index < -0.39 is 10.0 Å². The van der Waals surface area contributed by atoms with E-state index in [4.69, 9.17) is 14.2 Å². The minimum absolute atomic E-state index is 0.115. The molecular formula is C23H32N4O6S. The van der Waals surface area contributed by atoms with Crippen LogP contribution in [0.15, 0.2) is 35.4 Å². The highest BCUT2D eigenvalue weighted by Gasteiger charge is 2.29. The van der Waals surface area contributed by atoms with E-state index in [-0.39, 0.29) is 22.5 Å². The number of aromatic amines is 1. The number of hydrogen-bond acceptors (Lipinski definition) is 7. The minimum atomic E-state index is -3.58. The summed E-state index contributed by atoms with van der Waals surface area (Å²) in [5, 5.41) is 2.96. The lowest BCUT2D eigenvalue weighted by atomic mass is 10.0. The third kappa shape index (κ3) is 5.22. The standard InChI is InChI=1S/C23H32N4O6S/c1-31-21-6-5-17(13-22(21)32-2)20(26-9-11-33-12-10-26)16-25-23(28)19-14-18(15-24-19)34(29,30)27-7-3-4-8-27/h5-6,13-15,20,24H,3-4,7-12,16H2,1-2H3,(H,25,28). The number of benzene rings is 1. The van der Waals surface area contributed by atoms with Gasteiger partial charge < -0.3 is 24.5 Å². The van der Waals surface area contributed by atoms with Gasteiger partial charge in [-0.05, 0) is 36.6 Å². The van der Waals surface area contributed by atoms with Crippen molar-refractivity contribution >= 4 is 15.9 Å². The molecule has 1 unspecified atom stereocenters. The molecule has 4 rings (SSSR count). The van der Waals surface area contributed by atoms with E-state index in [1.54, 1.807) is 14.2 Å². The monoisotopic (exact) mass is 492 g/mol. The second kappa shape index (κ2) is 10.8. The maximum Gasteiger partial charge on any atom is 0.267 e. The summed E-state index contributed by atoms with van der Waals surface area (Å²) in [5.74, 6) is 0.890. The molecule has 0 spiro atoms. The summed E-state index contributed by atoms with van der Waals surface area (Å²) in [6.07, 6.45) is 3.10. The van der Waals surface area contributed by atoms with E-state index in [2.05, 4.69) is 15.2 Å². The van der Waals surface area contributed by atoms with Gasteiger partial charge in [-0.2, -0.15) is 4.31 Å². The molecule has 10 nitrogen and oxygen atoms in total. The average Bonchev–Trinajstić information content (AvgIpc) is 3.58. The molecule has 2 N–H and O–H groups in total. The fourth-order valence-electron chi connectivity index (χ4n) is 4.42. The van der Waals surface area contributed by atoms with Crippen molar-refractivity contribution in [2.45, 2.75) is 23.8 Å². The number of sulfonamides is 1. The van der Waals surface area contributed by atoms with Crippen LogP contribution in [0.3, 0.4) is 0 Å². The van der Waals surface area contributed by atoms with Crippen LogP contribution in [0.1, 0.15) is 34.9 Å². The number of morpholine rings is 1. The van der Waals surface area contributed by atoms with Crippen LogP contribution in [0.5, 0.6) is 11.5 Å². The molecule has 0 bridgehead atoms. The van der Waals surface area contributed by atoms with Gasteiger partial charge in [0.2, 0.25) is 10.0 Å². The van der Waals surface area contributed by atoms with Crippen molar-refractivity contribution in [3.63, 3.8) is 0 Å². The number of hydrogen-bond donors (Lipinski definition) is 2. The van der Waals surface area contributed by atoms with Crippen LogP contribution >= 0.6 is 0 Å². The maximum atomic E-state index is 12.9. The maximum absolute atomic E-state index is 12.9. The molecule has 2 aliphatic heterocycles. The summed E-state index contributed by atoms with van der Waals surface area (Å²) in [4.78, 5) is 18.1. The number of H-pyrrole nitrogens is 1. The van der Waals surface area contributed by atoms with E-state index in [1.165, 1.54) is 16.6 Å². The van der Waals surface area contributed by atoms with Crippen LogP contribution in [0.2, 0.25) is 0 Å². The number of nitrogens with one attached hydrogen (secondary N) is 2. The number of ether oxygens (including phenoxy) is 3. The minimum Gasteiger partial charge on any atom is -0.493 e. The molecule has 1 amide bonds. The highest BCUT2D eigenvalue weighted by molar-refractivity contribution is 7.89. The number of carbonyl (C=O) groups excluding carboxylic acids is 1. The van der Waals surface area contributed by atoms with E-state index in [0.717, 1.165) is 31.5 Å². The molecule has 3 heterocycles. The van der Waals surface area contributed by atoms with Gasteiger partial charge in [0.15, 0.2) is 11.5 Å². The zero-order valence-corrected chi connectivity index (χ0v) is 20.4. The SMILES string of the molecule is COc1ccc(C(CNC(=O)c2cc(S(=O)(=O)N3CCCC3)c[nH]2)N2CCOCC2)cc1OC. The Morgan fingerprint density at radius 3 is 2.47 bits per heavy atom. The number of carbonyl (C=O) groups is 1. The number of amides is 1. The predicted molar refractivity (Wildman–Crippen MR) is 126 cm³/mol. The van der Waals surface area contributed by atoms with Crippen molar-refractivity contribution in [1.82, 2.24) is 19.5 Å². The van der Waals surface area contributed by atoms with Crippen LogP contribution in [0.25, 0.3) is 0 Å². The fraction of sp³-hybridized carbons (Fsp3) is 0.522. The zero-order chi connectivity index (χ0) is 24.1. The van der Waals surface area contributed by atoms with Gasteiger partial charge in [-0.1, -0.05) is 6.07 Å².